The molecule has 13 heavy (non-hydrogen) atoms. The monoisotopic (exact) mass is 381 g/mol. The van der Waals surface area contributed by atoms with Gasteiger partial charge >= 0.3 is 0 Å². The predicted octanol–water partition coefficient (Wildman–Crippen LogP) is 4.13. The third kappa shape index (κ3) is 2.50. The fourth-order valence-corrected chi connectivity index (χ4v) is 1.99. The summed E-state index contributed by atoms with van der Waals surface area (Å²) in [5, 5.41) is 0. The first-order valence-corrected chi connectivity index (χ1v) is 5.65. The van der Waals surface area contributed by atoms with Gasteiger partial charge in [0.2, 0.25) is 0 Å². The average molecular weight is 382 g/mol. The molecule has 0 aromatic carbocycles. The molecule has 0 N–H and O–H groups in total. The number of alkyl halides is 3. The lowest BCUT2D eigenvalue weighted by atomic mass is 10.2. The van der Waals surface area contributed by atoms with Crippen LogP contribution in [0.2, 0.25) is 0 Å². The molecule has 0 aliphatic heterocycles. The van der Waals surface area contributed by atoms with Gasteiger partial charge in [-0.25, -0.2) is 8.78 Å². The molecule has 0 aliphatic carbocycles. The Labute approximate surface area is 101 Å². The van der Waals surface area contributed by atoms with Gasteiger partial charge in [-0.2, -0.15) is 0 Å². The first-order valence-electron chi connectivity index (χ1n) is 3.24. The van der Waals surface area contributed by atoms with Crippen LogP contribution in [0, 0.1) is 3.57 Å². The number of rotatable bonds is 2. The molecule has 0 fully saturated rings. The molecule has 0 amide bonds. The van der Waals surface area contributed by atoms with Crippen molar-refractivity contribution >= 4 is 50.1 Å². The summed E-state index contributed by atoms with van der Waals surface area (Å²) in [6, 6.07) is 0. The number of hydrogen-bond donors (Lipinski definition) is 0. The highest BCUT2D eigenvalue weighted by molar-refractivity contribution is 14.1. The van der Waals surface area contributed by atoms with Crippen molar-refractivity contribution in [1.29, 1.82) is 0 Å². The molecule has 1 nitrogen and oxygen atoms in total. The molecular weight excluding hydrogens is 378 g/mol. The summed E-state index contributed by atoms with van der Waals surface area (Å²) in [5.41, 5.74) is 0.117. The minimum absolute atomic E-state index is 0.00477. The van der Waals surface area contributed by atoms with Gasteiger partial charge in [0.25, 0.3) is 6.43 Å². The van der Waals surface area contributed by atoms with E-state index in [0.717, 1.165) is 0 Å². The molecule has 0 bridgehead atoms. The molecule has 0 radical (unpaired) electrons. The molecule has 0 aliphatic rings. The second kappa shape index (κ2) is 4.84. The van der Waals surface area contributed by atoms with Gasteiger partial charge in [0.05, 0.1) is 17.1 Å². The topological polar surface area (TPSA) is 12.9 Å². The standard InChI is InChI=1S/C7H4BrClF2IN/c8-6-3(12)2-13-4(1-9)5(6)7(10)11/h2,7H,1H2. The predicted molar refractivity (Wildman–Crippen MR) is 59.2 cm³/mol. The average Bonchev–Trinajstić information content (AvgIpc) is 2.08. The van der Waals surface area contributed by atoms with Crippen LogP contribution in [0.25, 0.3) is 0 Å². The molecule has 0 saturated carbocycles. The molecule has 1 rings (SSSR count). The summed E-state index contributed by atoms with van der Waals surface area (Å²) in [6.45, 7) is 0. The molecule has 1 aromatic heterocycles. The fourth-order valence-electron chi connectivity index (χ4n) is 0.844. The number of halogens is 5. The molecular formula is C7H4BrClF2IN. The van der Waals surface area contributed by atoms with Gasteiger partial charge in [-0.05, 0) is 38.5 Å². The van der Waals surface area contributed by atoms with Crippen LogP contribution in [0.5, 0.6) is 0 Å². The van der Waals surface area contributed by atoms with Crippen molar-refractivity contribution in [1.82, 2.24) is 4.98 Å². The summed E-state index contributed by atoms with van der Waals surface area (Å²) in [5.74, 6) is -0.00477. The minimum atomic E-state index is -2.55. The van der Waals surface area contributed by atoms with Crippen molar-refractivity contribution < 1.29 is 8.78 Å². The van der Waals surface area contributed by atoms with Crippen LogP contribution in [-0.2, 0) is 5.88 Å². The summed E-state index contributed by atoms with van der Waals surface area (Å²) >= 11 is 10.5. The van der Waals surface area contributed by atoms with Crippen LogP contribution < -0.4 is 0 Å². The summed E-state index contributed by atoms with van der Waals surface area (Å²) in [7, 11) is 0. The first kappa shape index (κ1) is 11.6. The maximum absolute atomic E-state index is 12.5. The molecule has 6 heteroatoms. The highest BCUT2D eigenvalue weighted by Gasteiger charge is 2.19. The Bertz CT molecular complexity index is 322. The van der Waals surface area contributed by atoms with Crippen LogP contribution in [0.3, 0.4) is 0 Å². The van der Waals surface area contributed by atoms with E-state index in [2.05, 4.69) is 20.9 Å². The lowest BCUT2D eigenvalue weighted by Crippen LogP contribution is -1.99. The normalized spacial score (nSPS) is 10.9. The number of aromatic nitrogens is 1. The molecule has 0 atom stereocenters. The van der Waals surface area contributed by atoms with E-state index in [-0.39, 0.29) is 17.1 Å². The first-order chi connectivity index (χ1) is 6.07. The smallest absolute Gasteiger partial charge is 0.258 e. The SMILES string of the molecule is FC(F)c1c(CCl)ncc(I)c1Br. The minimum Gasteiger partial charge on any atom is -0.258 e. The molecule has 0 spiro atoms. The van der Waals surface area contributed by atoms with Gasteiger partial charge in [0.15, 0.2) is 0 Å². The second-order valence-corrected chi connectivity index (χ2v) is 4.44. The van der Waals surface area contributed by atoms with Crippen molar-refractivity contribution in [3.8, 4) is 0 Å². The van der Waals surface area contributed by atoms with Gasteiger partial charge in [-0.1, -0.05) is 0 Å². The van der Waals surface area contributed by atoms with E-state index in [9.17, 15) is 8.78 Å². The summed E-state index contributed by atoms with van der Waals surface area (Å²) in [6.07, 6.45) is -1.04. The van der Waals surface area contributed by atoms with Gasteiger partial charge < -0.3 is 0 Å². The molecule has 0 saturated heterocycles. The van der Waals surface area contributed by atoms with E-state index in [1.54, 1.807) is 0 Å². The molecule has 1 heterocycles. The van der Waals surface area contributed by atoms with E-state index in [0.29, 0.717) is 8.04 Å². The van der Waals surface area contributed by atoms with Crippen LogP contribution in [0.1, 0.15) is 17.7 Å². The van der Waals surface area contributed by atoms with Crippen molar-refractivity contribution in [3.05, 3.63) is 25.5 Å². The highest BCUT2D eigenvalue weighted by atomic mass is 127. The largest absolute Gasteiger partial charge is 0.266 e. The zero-order valence-corrected chi connectivity index (χ0v) is 10.7. The van der Waals surface area contributed by atoms with Gasteiger partial charge in [0.1, 0.15) is 0 Å². The van der Waals surface area contributed by atoms with Gasteiger partial charge in [-0.3, -0.25) is 4.98 Å². The Kier molecular flexibility index (Phi) is 4.31. The Morgan fingerprint density at radius 3 is 2.69 bits per heavy atom. The summed E-state index contributed by atoms with van der Waals surface area (Å²) < 4.78 is 26.1. The zero-order chi connectivity index (χ0) is 10.0. The lowest BCUT2D eigenvalue weighted by Gasteiger charge is -2.08. The maximum Gasteiger partial charge on any atom is 0.266 e. The number of nitrogens with zero attached hydrogens (tertiary/aromatic N) is 1. The third-order valence-electron chi connectivity index (χ3n) is 1.44. The molecule has 72 valence electrons. The fraction of sp³-hybridized carbons (Fsp3) is 0.286. The molecule has 1 aromatic rings. The second-order valence-electron chi connectivity index (χ2n) is 2.21. The van der Waals surface area contributed by atoms with Crippen LogP contribution in [0.4, 0.5) is 8.78 Å². The van der Waals surface area contributed by atoms with Crippen LogP contribution in [-0.4, -0.2) is 4.98 Å². The third-order valence-corrected chi connectivity index (χ3v) is 4.10. The van der Waals surface area contributed by atoms with Crippen LogP contribution >= 0.6 is 50.1 Å². The Morgan fingerprint density at radius 2 is 2.23 bits per heavy atom. The Balaban J connectivity index is 3.32. The van der Waals surface area contributed by atoms with Gasteiger partial charge in [-0.15, -0.1) is 11.6 Å². The van der Waals surface area contributed by atoms with Crippen molar-refractivity contribution in [2.45, 2.75) is 12.3 Å². The van der Waals surface area contributed by atoms with E-state index in [1.807, 2.05) is 22.6 Å². The van der Waals surface area contributed by atoms with E-state index < -0.39 is 6.43 Å². The van der Waals surface area contributed by atoms with Crippen LogP contribution in [0.15, 0.2) is 10.7 Å². The van der Waals surface area contributed by atoms with E-state index in [1.165, 1.54) is 6.20 Å². The molecule has 0 unspecified atom stereocenters. The lowest BCUT2D eigenvalue weighted by molar-refractivity contribution is 0.149. The quantitative estimate of drug-likeness (QED) is 0.554. The van der Waals surface area contributed by atoms with Crippen molar-refractivity contribution in [2.24, 2.45) is 0 Å². The van der Waals surface area contributed by atoms with E-state index >= 15 is 0 Å². The number of hydrogen-bond acceptors (Lipinski definition) is 1. The Morgan fingerprint density at radius 1 is 1.62 bits per heavy atom. The van der Waals surface area contributed by atoms with Gasteiger partial charge in [0, 0.05) is 14.2 Å². The summed E-state index contributed by atoms with van der Waals surface area (Å²) in [4.78, 5) is 3.83. The highest BCUT2D eigenvalue weighted by Crippen LogP contribution is 2.33. The van der Waals surface area contributed by atoms with Crippen molar-refractivity contribution in [3.63, 3.8) is 0 Å². The van der Waals surface area contributed by atoms with Crippen molar-refractivity contribution in [2.75, 3.05) is 0 Å². The number of pyridine rings is 1. The zero-order valence-electron chi connectivity index (χ0n) is 6.20. The Hall–Kier alpha value is 0.510. The van der Waals surface area contributed by atoms with E-state index in [4.69, 9.17) is 11.6 Å². The maximum atomic E-state index is 12.5.